The lowest BCUT2D eigenvalue weighted by Gasteiger charge is -2.44. The molecule has 7 nitrogen and oxygen atoms in total. The summed E-state index contributed by atoms with van der Waals surface area (Å²) in [5.41, 5.74) is -1.22. The van der Waals surface area contributed by atoms with Gasteiger partial charge < -0.3 is 23.7 Å². The van der Waals surface area contributed by atoms with E-state index in [0.29, 0.717) is 29.9 Å². The van der Waals surface area contributed by atoms with Crippen LogP contribution in [0.1, 0.15) is 63.7 Å². The van der Waals surface area contributed by atoms with E-state index in [9.17, 15) is 14.7 Å². The SMILES string of the molecule is Cc1cc(=O)c2c(O)c3c(cc2o1)OC(C)(C)[C@@H]1OC(=O)[C@@]2(CCCC[C@@H]31)O[C@@H]2C. The van der Waals surface area contributed by atoms with Crippen LogP contribution < -0.4 is 10.2 Å². The second kappa shape index (κ2) is 6.23. The zero-order valence-corrected chi connectivity index (χ0v) is 17.6. The lowest BCUT2D eigenvalue weighted by atomic mass is 9.77. The number of carbonyl (C=O) groups excluding carboxylic acids is 1. The van der Waals surface area contributed by atoms with Crippen molar-refractivity contribution in [2.75, 3.05) is 0 Å². The van der Waals surface area contributed by atoms with E-state index in [4.69, 9.17) is 18.6 Å². The minimum absolute atomic E-state index is 0.128. The molecular weight excluding hydrogens is 388 g/mol. The van der Waals surface area contributed by atoms with Crippen LogP contribution in [-0.2, 0) is 14.3 Å². The number of fused-ring (bicyclic) bond motifs is 4. The smallest absolute Gasteiger partial charge is 0.341 e. The molecule has 0 amide bonds. The molecule has 0 saturated carbocycles. The molecule has 0 unspecified atom stereocenters. The van der Waals surface area contributed by atoms with E-state index < -0.39 is 17.3 Å². The molecule has 0 radical (unpaired) electrons. The first-order chi connectivity index (χ1) is 14.1. The topological polar surface area (TPSA) is 98.5 Å². The van der Waals surface area contributed by atoms with E-state index in [1.807, 2.05) is 20.8 Å². The van der Waals surface area contributed by atoms with E-state index in [1.54, 1.807) is 13.0 Å². The van der Waals surface area contributed by atoms with E-state index >= 15 is 0 Å². The standard InChI is InChI=1S/C23H26O7/c1-11-9-14(24)18-15(27-11)10-16-17(19(18)25)13-7-5-6-8-23(12(2)29-23)21(26)28-20(13)22(3,4)30-16/h9-10,12-13,20,25H,5-8H2,1-4H3/t12-,13+,20-,23+/m1/s1. The molecule has 1 aromatic heterocycles. The molecule has 7 heteroatoms. The number of benzene rings is 1. The van der Waals surface area contributed by atoms with E-state index in [2.05, 4.69) is 0 Å². The number of aromatic hydroxyl groups is 1. The monoisotopic (exact) mass is 414 g/mol. The van der Waals surface area contributed by atoms with Crippen molar-refractivity contribution < 1.29 is 28.5 Å². The number of hydrogen-bond acceptors (Lipinski definition) is 7. The van der Waals surface area contributed by atoms with Crippen molar-refractivity contribution in [3.8, 4) is 11.5 Å². The third-order valence-corrected chi connectivity index (χ3v) is 6.79. The molecule has 1 N–H and O–H groups in total. The van der Waals surface area contributed by atoms with Crippen LogP contribution in [0.4, 0.5) is 0 Å². The zero-order valence-electron chi connectivity index (χ0n) is 17.6. The molecule has 1 aromatic carbocycles. The largest absolute Gasteiger partial charge is 0.507 e. The van der Waals surface area contributed by atoms with Crippen LogP contribution in [0.5, 0.6) is 11.5 Å². The lowest BCUT2D eigenvalue weighted by Crippen LogP contribution is -2.52. The highest BCUT2D eigenvalue weighted by molar-refractivity contribution is 5.88. The van der Waals surface area contributed by atoms with Gasteiger partial charge in [0.1, 0.15) is 39.9 Å². The molecule has 1 spiro atoms. The summed E-state index contributed by atoms with van der Waals surface area (Å²) in [6.45, 7) is 7.31. The van der Waals surface area contributed by atoms with Crippen LogP contribution in [0.15, 0.2) is 21.3 Å². The normalized spacial score (nSPS) is 32.3. The van der Waals surface area contributed by atoms with Crippen LogP contribution in [0, 0.1) is 6.92 Å². The summed E-state index contributed by atoms with van der Waals surface area (Å²) in [5, 5.41) is 11.3. The van der Waals surface area contributed by atoms with Gasteiger partial charge in [-0.3, -0.25) is 4.79 Å². The third kappa shape index (κ3) is 2.68. The first-order valence-electron chi connectivity index (χ1n) is 10.5. The number of epoxide rings is 1. The Bertz CT molecular complexity index is 1110. The van der Waals surface area contributed by atoms with E-state index in [0.717, 1.165) is 12.8 Å². The summed E-state index contributed by atoms with van der Waals surface area (Å²) in [6, 6.07) is 3.02. The fraction of sp³-hybridized carbons (Fsp3) is 0.565. The molecule has 2 fully saturated rings. The Morgan fingerprint density at radius 3 is 2.60 bits per heavy atom. The molecule has 3 aliphatic rings. The van der Waals surface area contributed by atoms with Gasteiger partial charge in [-0.1, -0.05) is 6.42 Å². The average Bonchev–Trinajstić information content (AvgIpc) is 3.28. The second-order valence-corrected chi connectivity index (χ2v) is 9.26. The minimum atomic E-state index is -0.866. The highest BCUT2D eigenvalue weighted by Crippen LogP contribution is 2.53. The fourth-order valence-electron chi connectivity index (χ4n) is 5.18. The molecule has 30 heavy (non-hydrogen) atoms. The Balaban J connectivity index is 1.68. The van der Waals surface area contributed by atoms with Crippen LogP contribution in [0.2, 0.25) is 0 Å². The van der Waals surface area contributed by atoms with Gasteiger partial charge in [0.15, 0.2) is 11.0 Å². The van der Waals surface area contributed by atoms with Crippen molar-refractivity contribution >= 4 is 16.9 Å². The molecular formula is C23H26O7. The molecule has 5 rings (SSSR count). The van der Waals surface area contributed by atoms with Crippen molar-refractivity contribution in [1.29, 1.82) is 0 Å². The quantitative estimate of drug-likeness (QED) is 0.518. The first-order valence-corrected chi connectivity index (χ1v) is 10.5. The Hall–Kier alpha value is -2.54. The van der Waals surface area contributed by atoms with Crippen LogP contribution >= 0.6 is 0 Å². The number of carbonyl (C=O) groups is 1. The fourth-order valence-corrected chi connectivity index (χ4v) is 5.18. The number of ether oxygens (including phenoxy) is 3. The lowest BCUT2D eigenvalue weighted by molar-refractivity contribution is -0.170. The Kier molecular flexibility index (Phi) is 4.04. The van der Waals surface area contributed by atoms with Gasteiger partial charge in [-0.15, -0.1) is 0 Å². The summed E-state index contributed by atoms with van der Waals surface area (Å²) >= 11 is 0. The molecule has 3 aliphatic heterocycles. The number of hydrogen-bond donors (Lipinski definition) is 1. The molecule has 160 valence electrons. The van der Waals surface area contributed by atoms with Crippen LogP contribution in [-0.4, -0.2) is 34.5 Å². The van der Waals surface area contributed by atoms with Crippen molar-refractivity contribution in [1.82, 2.24) is 0 Å². The predicted octanol–water partition coefficient (Wildman–Crippen LogP) is 3.70. The number of rotatable bonds is 0. The van der Waals surface area contributed by atoms with Gasteiger partial charge in [0.05, 0.1) is 6.10 Å². The van der Waals surface area contributed by atoms with Crippen LogP contribution in [0.25, 0.3) is 11.0 Å². The summed E-state index contributed by atoms with van der Waals surface area (Å²) in [5.74, 6) is 0.0910. The number of phenols is 1. The van der Waals surface area contributed by atoms with Gasteiger partial charge in [0.25, 0.3) is 0 Å². The van der Waals surface area contributed by atoms with Gasteiger partial charge in [-0.05, 0) is 47.0 Å². The van der Waals surface area contributed by atoms with E-state index in [1.165, 1.54) is 6.07 Å². The Morgan fingerprint density at radius 2 is 1.90 bits per heavy atom. The highest BCUT2D eigenvalue weighted by Gasteiger charge is 2.62. The summed E-state index contributed by atoms with van der Waals surface area (Å²) < 4.78 is 23.6. The highest BCUT2D eigenvalue weighted by atomic mass is 16.7. The molecule has 0 aliphatic carbocycles. The molecule has 2 saturated heterocycles. The Labute approximate surface area is 173 Å². The van der Waals surface area contributed by atoms with Crippen molar-refractivity contribution in [3.63, 3.8) is 0 Å². The predicted molar refractivity (Wildman–Crippen MR) is 108 cm³/mol. The summed E-state index contributed by atoms with van der Waals surface area (Å²) in [4.78, 5) is 25.6. The van der Waals surface area contributed by atoms with Crippen molar-refractivity contribution in [2.45, 2.75) is 82.7 Å². The molecule has 4 atom stereocenters. The van der Waals surface area contributed by atoms with Gasteiger partial charge in [0, 0.05) is 23.6 Å². The molecule has 4 heterocycles. The van der Waals surface area contributed by atoms with Crippen molar-refractivity contribution in [3.05, 3.63) is 33.7 Å². The summed E-state index contributed by atoms with van der Waals surface area (Å²) in [7, 11) is 0. The van der Waals surface area contributed by atoms with Crippen molar-refractivity contribution in [2.24, 2.45) is 0 Å². The minimum Gasteiger partial charge on any atom is -0.507 e. The number of aryl methyl sites for hydroxylation is 1. The van der Waals surface area contributed by atoms with Crippen LogP contribution in [0.3, 0.4) is 0 Å². The average molecular weight is 414 g/mol. The number of esters is 1. The number of phenolic OH excluding ortho intramolecular Hbond substituents is 1. The molecule has 0 bridgehead atoms. The van der Waals surface area contributed by atoms with Gasteiger partial charge in [-0.25, -0.2) is 4.79 Å². The first kappa shape index (κ1) is 19.4. The van der Waals surface area contributed by atoms with Gasteiger partial charge in [0.2, 0.25) is 0 Å². The zero-order chi connectivity index (χ0) is 21.4. The van der Waals surface area contributed by atoms with E-state index in [-0.39, 0.29) is 40.1 Å². The Morgan fingerprint density at radius 1 is 1.17 bits per heavy atom. The maximum atomic E-state index is 13.0. The maximum absolute atomic E-state index is 13.0. The maximum Gasteiger partial charge on any atom is 0.341 e. The van der Waals surface area contributed by atoms with Gasteiger partial charge in [-0.2, -0.15) is 0 Å². The molecule has 2 aromatic rings. The van der Waals surface area contributed by atoms with Gasteiger partial charge >= 0.3 is 5.97 Å². The second-order valence-electron chi connectivity index (χ2n) is 9.26. The third-order valence-electron chi connectivity index (χ3n) is 6.79. The summed E-state index contributed by atoms with van der Waals surface area (Å²) in [6.07, 6.45) is 2.18.